The summed E-state index contributed by atoms with van der Waals surface area (Å²) in [4.78, 5) is 11.0. The van der Waals surface area contributed by atoms with Crippen molar-refractivity contribution in [1.82, 2.24) is 5.32 Å². The minimum atomic E-state index is 0.179. The Kier molecular flexibility index (Phi) is 2.83. The standard InChI is InChI=1S/C9H15NO/c1-7(2)9(11)5-6-10-8-3-4-8/h8,10H,1,3-6H2,2H3. The molecule has 0 unspecified atom stereocenters. The molecule has 0 aromatic heterocycles. The van der Waals surface area contributed by atoms with Gasteiger partial charge in [0.25, 0.3) is 0 Å². The van der Waals surface area contributed by atoms with E-state index in [2.05, 4.69) is 11.9 Å². The third-order valence-electron chi connectivity index (χ3n) is 1.84. The monoisotopic (exact) mass is 153 g/mol. The number of carbonyl (C=O) groups excluding carboxylic acids is 1. The van der Waals surface area contributed by atoms with Gasteiger partial charge in [0.1, 0.15) is 0 Å². The minimum Gasteiger partial charge on any atom is -0.314 e. The van der Waals surface area contributed by atoms with E-state index < -0.39 is 0 Å². The molecule has 1 aliphatic rings. The predicted molar refractivity (Wildman–Crippen MR) is 45.5 cm³/mol. The molecule has 1 aliphatic carbocycles. The van der Waals surface area contributed by atoms with Crippen molar-refractivity contribution in [2.75, 3.05) is 6.54 Å². The average molecular weight is 153 g/mol. The number of Topliss-reactive ketones (excluding diaryl/α,β-unsaturated/α-hetero) is 1. The maximum atomic E-state index is 11.0. The Balaban J connectivity index is 2.01. The van der Waals surface area contributed by atoms with Crippen molar-refractivity contribution in [1.29, 1.82) is 0 Å². The number of carbonyl (C=O) groups is 1. The van der Waals surface area contributed by atoms with Gasteiger partial charge in [-0.25, -0.2) is 0 Å². The fourth-order valence-electron chi connectivity index (χ4n) is 0.891. The molecule has 0 aromatic carbocycles. The van der Waals surface area contributed by atoms with Crippen LogP contribution in [0.3, 0.4) is 0 Å². The minimum absolute atomic E-state index is 0.179. The van der Waals surface area contributed by atoms with E-state index in [1.807, 2.05) is 0 Å². The fourth-order valence-corrected chi connectivity index (χ4v) is 0.891. The Hall–Kier alpha value is -0.630. The zero-order chi connectivity index (χ0) is 8.27. The van der Waals surface area contributed by atoms with Gasteiger partial charge in [-0.15, -0.1) is 0 Å². The van der Waals surface area contributed by atoms with Crippen LogP contribution >= 0.6 is 0 Å². The zero-order valence-electron chi connectivity index (χ0n) is 7.02. The quantitative estimate of drug-likeness (QED) is 0.603. The summed E-state index contributed by atoms with van der Waals surface area (Å²) >= 11 is 0. The van der Waals surface area contributed by atoms with E-state index in [4.69, 9.17) is 0 Å². The van der Waals surface area contributed by atoms with Gasteiger partial charge in [-0.2, -0.15) is 0 Å². The molecule has 0 saturated heterocycles. The van der Waals surface area contributed by atoms with Gasteiger partial charge in [-0.3, -0.25) is 4.79 Å². The Bertz CT molecular complexity index is 170. The summed E-state index contributed by atoms with van der Waals surface area (Å²) in [6.07, 6.45) is 3.16. The van der Waals surface area contributed by atoms with Crippen LogP contribution in [0.1, 0.15) is 26.2 Å². The van der Waals surface area contributed by atoms with E-state index in [0.29, 0.717) is 18.0 Å². The third kappa shape index (κ3) is 3.33. The first-order valence-electron chi connectivity index (χ1n) is 4.12. The molecule has 1 fully saturated rings. The molecule has 0 aromatic rings. The molecule has 1 N–H and O–H groups in total. The first-order valence-corrected chi connectivity index (χ1v) is 4.12. The SMILES string of the molecule is C=C(C)C(=O)CCNC1CC1. The Morgan fingerprint density at radius 3 is 2.73 bits per heavy atom. The average Bonchev–Trinajstić information content (AvgIpc) is 2.71. The second-order valence-corrected chi connectivity index (χ2v) is 3.18. The summed E-state index contributed by atoms with van der Waals surface area (Å²) < 4.78 is 0. The molecule has 1 saturated carbocycles. The fraction of sp³-hybridized carbons (Fsp3) is 0.667. The molecule has 2 heteroatoms. The van der Waals surface area contributed by atoms with E-state index in [0.717, 1.165) is 6.54 Å². The summed E-state index contributed by atoms with van der Waals surface area (Å²) in [5.41, 5.74) is 0.669. The third-order valence-corrected chi connectivity index (χ3v) is 1.84. The van der Waals surface area contributed by atoms with Crippen molar-refractivity contribution in [2.24, 2.45) is 0 Å². The molecule has 0 aliphatic heterocycles. The molecular formula is C9H15NO. The highest BCUT2D eigenvalue weighted by Gasteiger charge is 2.19. The van der Waals surface area contributed by atoms with E-state index in [9.17, 15) is 4.79 Å². The molecule has 0 spiro atoms. The van der Waals surface area contributed by atoms with Gasteiger partial charge < -0.3 is 5.32 Å². The zero-order valence-corrected chi connectivity index (χ0v) is 7.02. The molecular weight excluding hydrogens is 138 g/mol. The van der Waals surface area contributed by atoms with Crippen LogP contribution in [0, 0.1) is 0 Å². The van der Waals surface area contributed by atoms with Gasteiger partial charge in [-0.05, 0) is 25.3 Å². The van der Waals surface area contributed by atoms with Gasteiger partial charge in [0.2, 0.25) is 0 Å². The highest BCUT2D eigenvalue weighted by molar-refractivity contribution is 5.94. The number of nitrogens with one attached hydrogen (secondary N) is 1. The van der Waals surface area contributed by atoms with E-state index in [-0.39, 0.29) is 5.78 Å². The topological polar surface area (TPSA) is 29.1 Å². The number of rotatable bonds is 5. The largest absolute Gasteiger partial charge is 0.314 e. The van der Waals surface area contributed by atoms with Gasteiger partial charge >= 0.3 is 0 Å². The van der Waals surface area contributed by atoms with Crippen molar-refractivity contribution in [2.45, 2.75) is 32.2 Å². The molecule has 62 valence electrons. The maximum absolute atomic E-state index is 11.0. The van der Waals surface area contributed by atoms with Crippen molar-refractivity contribution >= 4 is 5.78 Å². The molecule has 0 bridgehead atoms. The Morgan fingerprint density at radius 1 is 1.64 bits per heavy atom. The molecule has 0 atom stereocenters. The first-order chi connectivity index (χ1) is 5.20. The van der Waals surface area contributed by atoms with Crippen LogP contribution in [-0.4, -0.2) is 18.4 Å². The van der Waals surface area contributed by atoms with E-state index in [1.165, 1.54) is 12.8 Å². The Labute approximate surface area is 67.7 Å². The van der Waals surface area contributed by atoms with Crippen LogP contribution in [0.15, 0.2) is 12.2 Å². The van der Waals surface area contributed by atoms with Crippen LogP contribution in [-0.2, 0) is 4.79 Å². The lowest BCUT2D eigenvalue weighted by Gasteiger charge is -2.00. The lowest BCUT2D eigenvalue weighted by Crippen LogP contribution is -2.20. The molecule has 1 rings (SSSR count). The maximum Gasteiger partial charge on any atom is 0.159 e. The summed E-state index contributed by atoms with van der Waals surface area (Å²) in [5, 5.41) is 3.28. The lowest BCUT2D eigenvalue weighted by atomic mass is 10.2. The molecule has 0 amide bonds. The highest BCUT2D eigenvalue weighted by atomic mass is 16.1. The number of hydrogen-bond acceptors (Lipinski definition) is 2. The normalized spacial score (nSPS) is 16.5. The summed E-state index contributed by atoms with van der Waals surface area (Å²) in [6, 6.07) is 0.702. The van der Waals surface area contributed by atoms with Crippen LogP contribution in [0.2, 0.25) is 0 Å². The molecule has 0 heterocycles. The number of allylic oxidation sites excluding steroid dienone is 1. The predicted octanol–water partition coefficient (Wildman–Crippen LogP) is 1.27. The number of ketones is 1. The van der Waals surface area contributed by atoms with Crippen molar-refractivity contribution in [3.05, 3.63) is 12.2 Å². The Morgan fingerprint density at radius 2 is 2.27 bits per heavy atom. The smallest absolute Gasteiger partial charge is 0.159 e. The van der Waals surface area contributed by atoms with Gasteiger partial charge in [0, 0.05) is 19.0 Å². The van der Waals surface area contributed by atoms with Crippen LogP contribution in [0.25, 0.3) is 0 Å². The van der Waals surface area contributed by atoms with Crippen LogP contribution in [0.4, 0.5) is 0 Å². The molecule has 0 radical (unpaired) electrons. The molecule has 2 nitrogen and oxygen atoms in total. The summed E-state index contributed by atoms with van der Waals surface area (Å²) in [6.45, 7) is 6.17. The van der Waals surface area contributed by atoms with E-state index >= 15 is 0 Å². The highest BCUT2D eigenvalue weighted by Crippen LogP contribution is 2.18. The number of hydrogen-bond donors (Lipinski definition) is 1. The first kappa shape index (κ1) is 8.47. The van der Waals surface area contributed by atoms with Gasteiger partial charge in [-0.1, -0.05) is 6.58 Å². The van der Waals surface area contributed by atoms with Crippen molar-refractivity contribution in [3.8, 4) is 0 Å². The van der Waals surface area contributed by atoms with E-state index in [1.54, 1.807) is 6.92 Å². The second kappa shape index (κ2) is 3.67. The van der Waals surface area contributed by atoms with Crippen molar-refractivity contribution < 1.29 is 4.79 Å². The summed E-state index contributed by atoms with van der Waals surface area (Å²) in [5.74, 6) is 0.179. The van der Waals surface area contributed by atoms with Gasteiger partial charge in [0.15, 0.2) is 5.78 Å². The summed E-state index contributed by atoms with van der Waals surface area (Å²) in [7, 11) is 0. The second-order valence-electron chi connectivity index (χ2n) is 3.18. The lowest BCUT2D eigenvalue weighted by molar-refractivity contribution is -0.115. The van der Waals surface area contributed by atoms with Gasteiger partial charge in [0.05, 0.1) is 0 Å². The molecule has 11 heavy (non-hydrogen) atoms. The van der Waals surface area contributed by atoms with Crippen LogP contribution < -0.4 is 5.32 Å². The van der Waals surface area contributed by atoms with Crippen molar-refractivity contribution in [3.63, 3.8) is 0 Å². The van der Waals surface area contributed by atoms with Crippen LogP contribution in [0.5, 0.6) is 0 Å².